The molecule has 0 fully saturated rings. The van der Waals surface area contributed by atoms with Gasteiger partial charge in [0.05, 0.1) is 5.69 Å². The molecule has 0 N–H and O–H groups in total. The number of nitrogens with zero attached hydrogens (tertiary/aromatic N) is 2. The molecule has 0 saturated carbocycles. The zero-order valence-electron chi connectivity index (χ0n) is 31.0. The van der Waals surface area contributed by atoms with Gasteiger partial charge in [0.1, 0.15) is 17.3 Å². The van der Waals surface area contributed by atoms with E-state index in [-0.39, 0.29) is 28.4 Å². The third-order valence-electron chi connectivity index (χ3n) is 11.6. The predicted molar refractivity (Wildman–Crippen MR) is 208 cm³/mol. The molecular formula is C45H49BN2O. The quantitative estimate of drug-likeness (QED) is 0.175. The van der Waals surface area contributed by atoms with E-state index in [1.165, 1.54) is 56.4 Å². The molecule has 5 aromatic rings. The highest BCUT2D eigenvalue weighted by Gasteiger charge is 2.46. The predicted octanol–water partition coefficient (Wildman–Crippen LogP) is 10.1. The van der Waals surface area contributed by atoms with Crippen molar-refractivity contribution in [3.8, 4) is 22.6 Å². The highest BCUT2D eigenvalue weighted by molar-refractivity contribution is 6.99. The lowest BCUT2D eigenvalue weighted by molar-refractivity contribution is 0.332. The van der Waals surface area contributed by atoms with Gasteiger partial charge in [0.15, 0.2) is 0 Å². The van der Waals surface area contributed by atoms with E-state index in [1.54, 1.807) is 0 Å². The van der Waals surface area contributed by atoms with Crippen molar-refractivity contribution < 1.29 is 4.74 Å². The van der Waals surface area contributed by atoms with Gasteiger partial charge in [0.2, 0.25) is 0 Å². The van der Waals surface area contributed by atoms with Crippen LogP contribution in [0.4, 0.5) is 17.2 Å². The molecule has 0 bridgehead atoms. The maximum atomic E-state index is 6.79. The molecule has 3 heterocycles. The number of hydrogen-bond donors (Lipinski definition) is 0. The number of aromatic nitrogens is 1. The van der Waals surface area contributed by atoms with Gasteiger partial charge < -0.3 is 4.74 Å². The fourth-order valence-electron chi connectivity index (χ4n) is 8.36. The third kappa shape index (κ3) is 5.05. The summed E-state index contributed by atoms with van der Waals surface area (Å²) in [6.07, 6.45) is 4.26. The van der Waals surface area contributed by atoms with E-state index in [4.69, 9.17) is 9.72 Å². The molecule has 1 aromatic heterocycles. The van der Waals surface area contributed by atoms with Crippen molar-refractivity contribution in [2.45, 2.75) is 104 Å². The molecule has 3 aliphatic rings. The molecule has 248 valence electrons. The molecule has 2 aliphatic heterocycles. The molecule has 3 nitrogen and oxygen atoms in total. The Hall–Kier alpha value is -4.31. The first kappa shape index (κ1) is 31.9. The van der Waals surface area contributed by atoms with Crippen LogP contribution in [0.1, 0.15) is 104 Å². The summed E-state index contributed by atoms with van der Waals surface area (Å²) >= 11 is 0. The fraction of sp³-hybridized carbons (Fsp3) is 0.356. The summed E-state index contributed by atoms with van der Waals surface area (Å²) < 4.78 is 6.79. The second-order valence-electron chi connectivity index (χ2n) is 18.0. The van der Waals surface area contributed by atoms with Crippen molar-refractivity contribution in [2.24, 2.45) is 0 Å². The zero-order chi connectivity index (χ0) is 34.7. The van der Waals surface area contributed by atoms with Crippen LogP contribution in [0.25, 0.3) is 11.1 Å². The average Bonchev–Trinajstić information content (AvgIpc) is 3.05. The largest absolute Gasteiger partial charge is 0.458 e. The van der Waals surface area contributed by atoms with Crippen molar-refractivity contribution in [1.29, 1.82) is 0 Å². The Morgan fingerprint density at radius 2 is 1.29 bits per heavy atom. The van der Waals surface area contributed by atoms with E-state index >= 15 is 0 Å². The van der Waals surface area contributed by atoms with Crippen LogP contribution in [-0.2, 0) is 21.7 Å². The molecule has 49 heavy (non-hydrogen) atoms. The average molecular weight is 645 g/mol. The van der Waals surface area contributed by atoms with Crippen LogP contribution in [0.2, 0.25) is 0 Å². The van der Waals surface area contributed by atoms with Crippen molar-refractivity contribution in [1.82, 2.24) is 4.98 Å². The normalized spacial score (nSPS) is 17.0. The minimum atomic E-state index is 0.00805. The number of fused-ring (bicyclic) bond motifs is 5. The molecule has 0 saturated heterocycles. The summed E-state index contributed by atoms with van der Waals surface area (Å²) in [6, 6.07) is 31.9. The summed E-state index contributed by atoms with van der Waals surface area (Å²) in [7, 11) is 0. The molecule has 0 unspecified atom stereocenters. The monoisotopic (exact) mass is 644 g/mol. The maximum Gasteiger partial charge on any atom is 0.258 e. The Kier molecular flexibility index (Phi) is 6.91. The van der Waals surface area contributed by atoms with E-state index in [0.29, 0.717) is 0 Å². The van der Waals surface area contributed by atoms with E-state index in [0.717, 1.165) is 34.9 Å². The van der Waals surface area contributed by atoms with Crippen molar-refractivity contribution in [3.63, 3.8) is 0 Å². The first-order valence-corrected chi connectivity index (χ1v) is 18.0. The van der Waals surface area contributed by atoms with E-state index in [1.807, 2.05) is 6.20 Å². The Morgan fingerprint density at radius 1 is 0.653 bits per heavy atom. The smallest absolute Gasteiger partial charge is 0.258 e. The summed E-state index contributed by atoms with van der Waals surface area (Å²) in [4.78, 5) is 7.70. The molecule has 0 radical (unpaired) electrons. The van der Waals surface area contributed by atoms with Gasteiger partial charge >= 0.3 is 0 Å². The number of ether oxygens (including phenoxy) is 1. The number of anilines is 3. The lowest BCUT2D eigenvalue weighted by Gasteiger charge is -2.45. The Morgan fingerprint density at radius 3 is 1.96 bits per heavy atom. The van der Waals surface area contributed by atoms with Gasteiger partial charge in [-0.05, 0) is 104 Å². The molecule has 8 rings (SSSR count). The van der Waals surface area contributed by atoms with E-state index in [9.17, 15) is 0 Å². The van der Waals surface area contributed by atoms with Gasteiger partial charge in [0.25, 0.3) is 6.71 Å². The topological polar surface area (TPSA) is 25.4 Å². The Bertz CT molecular complexity index is 2130. The zero-order valence-corrected chi connectivity index (χ0v) is 31.0. The SMILES string of the molecule is CC(C)(C)c1ccc2c(c1)B1c3cc4c(cc3N(c3ccc(C(C)(C)C)cc3-c3ccccc3)c3nccc(c31)O2)C(C)(C)CCC4(C)C. The first-order valence-electron chi connectivity index (χ1n) is 18.0. The number of benzene rings is 4. The minimum Gasteiger partial charge on any atom is -0.458 e. The van der Waals surface area contributed by atoms with Crippen LogP contribution in [0, 0.1) is 0 Å². The fourth-order valence-corrected chi connectivity index (χ4v) is 8.36. The van der Waals surface area contributed by atoms with Crippen LogP contribution >= 0.6 is 0 Å². The van der Waals surface area contributed by atoms with E-state index < -0.39 is 0 Å². The van der Waals surface area contributed by atoms with Gasteiger partial charge in [-0.25, -0.2) is 4.98 Å². The van der Waals surface area contributed by atoms with Gasteiger partial charge in [-0.15, -0.1) is 0 Å². The first-order chi connectivity index (χ1) is 23.0. The second kappa shape index (κ2) is 10.6. The number of rotatable bonds is 2. The highest BCUT2D eigenvalue weighted by atomic mass is 16.5. The third-order valence-corrected chi connectivity index (χ3v) is 11.6. The van der Waals surface area contributed by atoms with Gasteiger partial charge in [0, 0.05) is 22.9 Å². The van der Waals surface area contributed by atoms with Gasteiger partial charge in [-0.3, -0.25) is 4.90 Å². The Balaban J connectivity index is 1.48. The summed E-state index contributed by atoms with van der Waals surface area (Å²) in [5.74, 6) is 2.79. The lowest BCUT2D eigenvalue weighted by Crippen LogP contribution is -2.60. The van der Waals surface area contributed by atoms with Gasteiger partial charge in [-0.2, -0.15) is 0 Å². The highest BCUT2D eigenvalue weighted by Crippen LogP contribution is 2.50. The second-order valence-corrected chi connectivity index (χ2v) is 18.0. The van der Waals surface area contributed by atoms with Crippen LogP contribution in [0.15, 0.2) is 91.1 Å². The molecule has 0 amide bonds. The molecule has 4 heteroatoms. The maximum absolute atomic E-state index is 6.79. The molecule has 1 aliphatic carbocycles. The van der Waals surface area contributed by atoms with Crippen molar-refractivity contribution in [3.05, 3.63) is 113 Å². The lowest BCUT2D eigenvalue weighted by atomic mass is 9.34. The summed E-state index contributed by atoms with van der Waals surface area (Å²) in [6.45, 7) is 23.5. The number of pyridine rings is 1. The Labute approximate surface area is 293 Å². The molecule has 4 aromatic carbocycles. The molecule has 0 spiro atoms. The number of hydrogen-bond acceptors (Lipinski definition) is 3. The van der Waals surface area contributed by atoms with Gasteiger partial charge in [-0.1, -0.05) is 124 Å². The molecular weight excluding hydrogens is 595 g/mol. The van der Waals surface area contributed by atoms with E-state index in [2.05, 4.69) is 159 Å². The van der Waals surface area contributed by atoms with Crippen molar-refractivity contribution in [2.75, 3.05) is 4.90 Å². The minimum absolute atomic E-state index is 0.00805. The van der Waals surface area contributed by atoms with Crippen molar-refractivity contribution >= 4 is 40.3 Å². The van der Waals surface area contributed by atoms with Crippen LogP contribution < -0.4 is 26.0 Å². The standard InChI is InChI=1S/C45H49BN2O/c1-42(2,3)29-16-18-36(31(24-29)28-14-12-11-13-15-28)48-37-27-33-32(44(7,8)21-22-45(33,9)10)26-34(37)46-35-25-30(43(4,5)6)17-19-38(35)49-39-20-23-47-41(48)40(39)46/h11-20,23-27H,21-22H2,1-10H3. The van der Waals surface area contributed by atoms with Crippen LogP contribution in [0.3, 0.4) is 0 Å². The summed E-state index contributed by atoms with van der Waals surface area (Å²) in [5, 5.41) is 0. The summed E-state index contributed by atoms with van der Waals surface area (Å²) in [5.41, 5.74) is 14.2. The molecule has 0 atom stereocenters. The van der Waals surface area contributed by atoms with Crippen LogP contribution in [-0.4, -0.2) is 11.7 Å². The van der Waals surface area contributed by atoms with Crippen LogP contribution in [0.5, 0.6) is 11.5 Å².